The molecule has 1 fully saturated rings. The summed E-state index contributed by atoms with van der Waals surface area (Å²) in [6.07, 6.45) is 3.50. The van der Waals surface area contributed by atoms with Gasteiger partial charge in [-0.3, -0.25) is 0 Å². The lowest BCUT2D eigenvalue weighted by atomic mass is 10.0. The fourth-order valence-corrected chi connectivity index (χ4v) is 2.81. The fraction of sp³-hybridized carbons (Fsp3) is 0.625. The number of hydrogen-bond acceptors (Lipinski definition) is 3. The molecule has 1 aromatic rings. The molecule has 1 aliphatic heterocycles. The molecule has 0 amide bonds. The molecule has 0 saturated carbocycles. The third-order valence-electron chi connectivity index (χ3n) is 4.32. The van der Waals surface area contributed by atoms with Crippen LogP contribution in [0.2, 0.25) is 0 Å². The second kappa shape index (κ2) is 6.40. The summed E-state index contributed by atoms with van der Waals surface area (Å²) in [5.41, 5.74) is 8.64. The predicted octanol–water partition coefficient (Wildman–Crippen LogP) is 2.63. The van der Waals surface area contributed by atoms with Gasteiger partial charge in [0, 0.05) is 30.9 Å². The van der Waals surface area contributed by atoms with Crippen LogP contribution < -0.4 is 10.6 Å². The number of nitrogens with zero attached hydrogens (tertiary/aromatic N) is 2. The highest BCUT2D eigenvalue weighted by Crippen LogP contribution is 2.23. The minimum absolute atomic E-state index is 0.175. The van der Waals surface area contributed by atoms with Gasteiger partial charge in [0.1, 0.15) is 0 Å². The molecule has 1 atom stereocenters. The quantitative estimate of drug-likeness (QED) is 0.904. The van der Waals surface area contributed by atoms with Gasteiger partial charge in [0.15, 0.2) is 0 Å². The Morgan fingerprint density at radius 1 is 1.21 bits per heavy atom. The molecular formula is C16H27N3. The first-order valence-electron chi connectivity index (χ1n) is 7.38. The second-order valence-corrected chi connectivity index (χ2v) is 5.79. The molecule has 1 saturated heterocycles. The zero-order valence-electron chi connectivity index (χ0n) is 12.5. The Hall–Kier alpha value is -1.06. The Morgan fingerprint density at radius 2 is 1.79 bits per heavy atom. The summed E-state index contributed by atoms with van der Waals surface area (Å²) < 4.78 is 0. The zero-order valence-corrected chi connectivity index (χ0v) is 12.5. The van der Waals surface area contributed by atoms with E-state index >= 15 is 0 Å². The van der Waals surface area contributed by atoms with Crippen LogP contribution in [0.4, 0.5) is 5.69 Å². The second-order valence-electron chi connectivity index (χ2n) is 5.79. The normalized spacial score (nSPS) is 18.9. The lowest BCUT2D eigenvalue weighted by Crippen LogP contribution is -2.41. The topological polar surface area (TPSA) is 32.5 Å². The van der Waals surface area contributed by atoms with Crippen LogP contribution in [-0.2, 0) is 0 Å². The van der Waals surface area contributed by atoms with Crippen LogP contribution in [0.1, 0.15) is 37.8 Å². The molecule has 106 valence electrons. The van der Waals surface area contributed by atoms with E-state index in [1.165, 1.54) is 24.1 Å². The van der Waals surface area contributed by atoms with Crippen LogP contribution in [0.15, 0.2) is 24.3 Å². The first kappa shape index (κ1) is 14.4. The molecular weight excluding hydrogens is 234 g/mol. The molecule has 0 spiro atoms. The van der Waals surface area contributed by atoms with Crippen molar-refractivity contribution in [3.63, 3.8) is 0 Å². The van der Waals surface area contributed by atoms with Gasteiger partial charge in [-0.1, -0.05) is 19.1 Å². The van der Waals surface area contributed by atoms with E-state index in [2.05, 4.69) is 55.1 Å². The van der Waals surface area contributed by atoms with Gasteiger partial charge in [0.2, 0.25) is 0 Å². The van der Waals surface area contributed by atoms with Crippen molar-refractivity contribution in [2.75, 3.05) is 32.1 Å². The van der Waals surface area contributed by atoms with E-state index in [4.69, 9.17) is 5.73 Å². The molecule has 1 aliphatic rings. The van der Waals surface area contributed by atoms with E-state index in [9.17, 15) is 0 Å². The Labute approximate surface area is 117 Å². The molecule has 3 heteroatoms. The van der Waals surface area contributed by atoms with Crippen molar-refractivity contribution in [3.05, 3.63) is 29.8 Å². The number of rotatable bonds is 4. The third kappa shape index (κ3) is 3.48. The molecule has 19 heavy (non-hydrogen) atoms. The molecule has 3 nitrogen and oxygen atoms in total. The summed E-state index contributed by atoms with van der Waals surface area (Å²) in [6.45, 7) is 4.44. The molecule has 0 aliphatic carbocycles. The maximum absolute atomic E-state index is 6.06. The van der Waals surface area contributed by atoms with Gasteiger partial charge >= 0.3 is 0 Å². The summed E-state index contributed by atoms with van der Waals surface area (Å²) in [4.78, 5) is 4.84. The predicted molar refractivity (Wildman–Crippen MR) is 82.6 cm³/mol. The van der Waals surface area contributed by atoms with Crippen molar-refractivity contribution >= 4 is 5.69 Å². The van der Waals surface area contributed by atoms with Crippen molar-refractivity contribution < 1.29 is 0 Å². The van der Waals surface area contributed by atoms with Crippen LogP contribution >= 0.6 is 0 Å². The van der Waals surface area contributed by atoms with Crippen molar-refractivity contribution in [1.82, 2.24) is 4.90 Å². The fourth-order valence-electron chi connectivity index (χ4n) is 2.81. The summed E-state index contributed by atoms with van der Waals surface area (Å²) in [6, 6.07) is 9.72. The average molecular weight is 261 g/mol. The van der Waals surface area contributed by atoms with Gasteiger partial charge in [-0.15, -0.1) is 0 Å². The first-order chi connectivity index (χ1) is 9.11. The molecule has 0 aromatic heterocycles. The molecule has 2 N–H and O–H groups in total. The Balaban J connectivity index is 1.96. The van der Waals surface area contributed by atoms with E-state index in [0.717, 1.165) is 25.6 Å². The van der Waals surface area contributed by atoms with Crippen molar-refractivity contribution in [2.45, 2.75) is 38.3 Å². The largest absolute Gasteiger partial charge is 0.371 e. The number of hydrogen-bond donors (Lipinski definition) is 1. The Kier molecular flexibility index (Phi) is 4.83. The number of nitrogens with two attached hydrogens (primary N) is 1. The van der Waals surface area contributed by atoms with Crippen LogP contribution in [0.5, 0.6) is 0 Å². The third-order valence-corrected chi connectivity index (χ3v) is 4.32. The van der Waals surface area contributed by atoms with Crippen molar-refractivity contribution in [1.29, 1.82) is 0 Å². The van der Waals surface area contributed by atoms with Gasteiger partial charge in [-0.2, -0.15) is 0 Å². The monoisotopic (exact) mass is 261 g/mol. The lowest BCUT2D eigenvalue weighted by molar-refractivity contribution is 0.249. The highest BCUT2D eigenvalue weighted by Gasteiger charge is 2.20. The number of piperidine rings is 1. The standard InChI is InChI=1S/C16H27N3/c1-4-16(17)13-5-7-15(8-6-13)19-11-9-14(10-12-19)18(2)3/h5-8,14,16H,4,9-12,17H2,1-3H3/t16-/m0/s1. The van der Waals surface area contributed by atoms with Gasteiger partial charge in [-0.25, -0.2) is 0 Å². The Morgan fingerprint density at radius 3 is 2.26 bits per heavy atom. The van der Waals surface area contributed by atoms with Crippen LogP contribution in [0.25, 0.3) is 0 Å². The minimum atomic E-state index is 0.175. The highest BCUT2D eigenvalue weighted by molar-refractivity contribution is 5.48. The van der Waals surface area contributed by atoms with E-state index in [-0.39, 0.29) is 6.04 Å². The van der Waals surface area contributed by atoms with E-state index < -0.39 is 0 Å². The summed E-state index contributed by atoms with van der Waals surface area (Å²) in [7, 11) is 4.36. The molecule has 2 rings (SSSR count). The van der Waals surface area contributed by atoms with Crippen LogP contribution in [0.3, 0.4) is 0 Å². The van der Waals surface area contributed by atoms with Crippen molar-refractivity contribution in [2.24, 2.45) is 5.73 Å². The molecule has 1 aromatic carbocycles. The van der Waals surface area contributed by atoms with Crippen molar-refractivity contribution in [3.8, 4) is 0 Å². The Bertz CT molecular complexity index is 377. The van der Waals surface area contributed by atoms with Gasteiger partial charge in [0.05, 0.1) is 0 Å². The molecule has 1 heterocycles. The van der Waals surface area contributed by atoms with Gasteiger partial charge in [-0.05, 0) is 51.1 Å². The molecule has 0 unspecified atom stereocenters. The number of benzene rings is 1. The minimum Gasteiger partial charge on any atom is -0.371 e. The highest BCUT2D eigenvalue weighted by atomic mass is 15.2. The number of anilines is 1. The maximum Gasteiger partial charge on any atom is 0.0366 e. The lowest BCUT2D eigenvalue weighted by Gasteiger charge is -2.36. The summed E-state index contributed by atoms with van der Waals surface area (Å²) >= 11 is 0. The molecule has 0 radical (unpaired) electrons. The van der Waals surface area contributed by atoms with Gasteiger partial charge < -0.3 is 15.5 Å². The maximum atomic E-state index is 6.06. The molecule has 0 bridgehead atoms. The smallest absolute Gasteiger partial charge is 0.0366 e. The SMILES string of the molecule is CC[C@H](N)c1ccc(N2CCC(N(C)C)CC2)cc1. The average Bonchev–Trinajstić information content (AvgIpc) is 2.46. The van der Waals surface area contributed by atoms with E-state index in [1.54, 1.807) is 0 Å². The van der Waals surface area contributed by atoms with E-state index in [0.29, 0.717) is 0 Å². The van der Waals surface area contributed by atoms with Crippen LogP contribution in [0, 0.1) is 0 Å². The zero-order chi connectivity index (χ0) is 13.8. The van der Waals surface area contributed by atoms with Crippen LogP contribution in [-0.4, -0.2) is 38.1 Å². The summed E-state index contributed by atoms with van der Waals surface area (Å²) in [5, 5.41) is 0. The first-order valence-corrected chi connectivity index (χ1v) is 7.38. The summed E-state index contributed by atoms with van der Waals surface area (Å²) in [5.74, 6) is 0. The van der Waals surface area contributed by atoms with E-state index in [1.807, 2.05) is 0 Å². The van der Waals surface area contributed by atoms with Gasteiger partial charge in [0.25, 0.3) is 0 Å².